The van der Waals surface area contributed by atoms with Gasteiger partial charge in [0, 0.05) is 18.9 Å². The molecule has 3 heteroatoms. The Bertz CT molecular complexity index is 188. The van der Waals surface area contributed by atoms with E-state index in [2.05, 4.69) is 17.6 Å². The van der Waals surface area contributed by atoms with Crippen molar-refractivity contribution in [3.63, 3.8) is 0 Å². The normalized spacial score (nSPS) is 29.8. The maximum absolute atomic E-state index is 5.97. The number of nitrogens with one attached hydrogen (secondary N) is 2. The number of piperidine rings is 1. The van der Waals surface area contributed by atoms with Gasteiger partial charge in [-0.25, -0.2) is 0 Å². The summed E-state index contributed by atoms with van der Waals surface area (Å²) in [5.41, 5.74) is 0.0299. The highest BCUT2D eigenvalue weighted by Crippen LogP contribution is 2.27. The van der Waals surface area contributed by atoms with E-state index in [1.54, 1.807) is 0 Å². The van der Waals surface area contributed by atoms with E-state index >= 15 is 0 Å². The minimum Gasteiger partial charge on any atom is -0.359 e. The van der Waals surface area contributed by atoms with Crippen LogP contribution in [0.2, 0.25) is 0 Å². The monoisotopic (exact) mass is 212 g/mol. The standard InChI is InChI=1S/C12H24N2O/c1-2-3-4-5-11-10-15-12(14-11)6-8-13-9-7-12/h11,13-14H,2-10H2,1H3. The van der Waals surface area contributed by atoms with Crippen LogP contribution in [0.25, 0.3) is 0 Å². The molecule has 3 nitrogen and oxygen atoms in total. The number of ether oxygens (including phenoxy) is 1. The number of rotatable bonds is 4. The van der Waals surface area contributed by atoms with Gasteiger partial charge >= 0.3 is 0 Å². The lowest BCUT2D eigenvalue weighted by molar-refractivity contribution is -0.0331. The van der Waals surface area contributed by atoms with Crippen molar-refractivity contribution < 1.29 is 4.74 Å². The molecule has 0 bridgehead atoms. The van der Waals surface area contributed by atoms with Gasteiger partial charge in [-0.15, -0.1) is 0 Å². The molecule has 0 aromatic carbocycles. The van der Waals surface area contributed by atoms with Crippen LogP contribution in [0.5, 0.6) is 0 Å². The Hall–Kier alpha value is -0.120. The molecule has 0 amide bonds. The largest absolute Gasteiger partial charge is 0.359 e. The molecule has 2 saturated heterocycles. The maximum atomic E-state index is 5.97. The van der Waals surface area contributed by atoms with Gasteiger partial charge in [-0.2, -0.15) is 0 Å². The summed E-state index contributed by atoms with van der Waals surface area (Å²) < 4.78 is 5.97. The lowest BCUT2D eigenvalue weighted by Gasteiger charge is -2.33. The van der Waals surface area contributed by atoms with Gasteiger partial charge in [0.05, 0.1) is 6.61 Å². The molecular weight excluding hydrogens is 188 g/mol. The Morgan fingerprint density at radius 3 is 2.80 bits per heavy atom. The maximum Gasteiger partial charge on any atom is 0.122 e. The van der Waals surface area contributed by atoms with Crippen LogP contribution in [0.1, 0.15) is 45.4 Å². The fourth-order valence-corrected chi connectivity index (χ4v) is 2.63. The summed E-state index contributed by atoms with van der Waals surface area (Å²) in [5.74, 6) is 0. The average Bonchev–Trinajstić information content (AvgIpc) is 2.63. The van der Waals surface area contributed by atoms with Gasteiger partial charge in [0.15, 0.2) is 0 Å². The summed E-state index contributed by atoms with van der Waals surface area (Å²) in [5, 5.41) is 7.09. The molecule has 0 aliphatic carbocycles. The molecule has 2 N–H and O–H groups in total. The second-order valence-corrected chi connectivity index (χ2v) is 4.89. The van der Waals surface area contributed by atoms with Crippen molar-refractivity contribution in [2.75, 3.05) is 19.7 Å². The van der Waals surface area contributed by atoms with Crippen LogP contribution in [-0.2, 0) is 4.74 Å². The average molecular weight is 212 g/mol. The summed E-state index contributed by atoms with van der Waals surface area (Å²) in [4.78, 5) is 0. The highest BCUT2D eigenvalue weighted by molar-refractivity contribution is 4.92. The van der Waals surface area contributed by atoms with Crippen molar-refractivity contribution in [2.24, 2.45) is 0 Å². The lowest BCUT2D eigenvalue weighted by Crippen LogP contribution is -2.51. The third kappa shape index (κ3) is 2.92. The number of hydrogen-bond donors (Lipinski definition) is 2. The van der Waals surface area contributed by atoms with E-state index in [0.29, 0.717) is 6.04 Å². The second kappa shape index (κ2) is 5.28. The lowest BCUT2D eigenvalue weighted by atomic mass is 10.0. The molecule has 2 heterocycles. The van der Waals surface area contributed by atoms with Crippen molar-refractivity contribution in [1.29, 1.82) is 0 Å². The van der Waals surface area contributed by atoms with Crippen molar-refractivity contribution >= 4 is 0 Å². The fourth-order valence-electron chi connectivity index (χ4n) is 2.63. The van der Waals surface area contributed by atoms with Crippen molar-refractivity contribution in [1.82, 2.24) is 10.6 Å². The van der Waals surface area contributed by atoms with E-state index in [1.165, 1.54) is 25.7 Å². The predicted molar refractivity (Wildman–Crippen MR) is 61.9 cm³/mol. The molecule has 1 spiro atoms. The van der Waals surface area contributed by atoms with Crippen molar-refractivity contribution in [3.8, 4) is 0 Å². The van der Waals surface area contributed by atoms with Crippen LogP contribution in [0, 0.1) is 0 Å². The van der Waals surface area contributed by atoms with Crippen molar-refractivity contribution in [2.45, 2.75) is 57.2 Å². The van der Waals surface area contributed by atoms with Gasteiger partial charge in [0.25, 0.3) is 0 Å². The van der Waals surface area contributed by atoms with Gasteiger partial charge in [-0.3, -0.25) is 5.32 Å². The fraction of sp³-hybridized carbons (Fsp3) is 1.00. The van der Waals surface area contributed by atoms with E-state index in [9.17, 15) is 0 Å². The molecule has 1 unspecified atom stereocenters. The first kappa shape index (κ1) is 11.4. The summed E-state index contributed by atoms with van der Waals surface area (Å²) in [6.45, 7) is 5.36. The van der Waals surface area contributed by atoms with E-state index in [4.69, 9.17) is 4.74 Å². The number of unbranched alkanes of at least 4 members (excludes halogenated alkanes) is 2. The first-order valence-electron chi connectivity index (χ1n) is 6.47. The zero-order valence-corrected chi connectivity index (χ0v) is 9.85. The Morgan fingerprint density at radius 2 is 2.07 bits per heavy atom. The summed E-state index contributed by atoms with van der Waals surface area (Å²) in [7, 11) is 0. The second-order valence-electron chi connectivity index (χ2n) is 4.89. The molecule has 88 valence electrons. The van der Waals surface area contributed by atoms with E-state index in [-0.39, 0.29) is 5.72 Å². The Balaban J connectivity index is 1.73. The molecule has 2 aliphatic rings. The van der Waals surface area contributed by atoms with Crippen LogP contribution in [-0.4, -0.2) is 31.5 Å². The minimum atomic E-state index is 0.0299. The van der Waals surface area contributed by atoms with Gasteiger partial charge in [0.2, 0.25) is 0 Å². The topological polar surface area (TPSA) is 33.3 Å². The first-order valence-corrected chi connectivity index (χ1v) is 6.47. The SMILES string of the molecule is CCCCCC1COC2(CCNCC2)N1. The third-order valence-corrected chi connectivity index (χ3v) is 3.60. The molecule has 15 heavy (non-hydrogen) atoms. The molecule has 2 fully saturated rings. The molecule has 0 radical (unpaired) electrons. The molecule has 0 saturated carbocycles. The van der Waals surface area contributed by atoms with E-state index in [1.807, 2.05) is 0 Å². The van der Waals surface area contributed by atoms with Crippen LogP contribution in [0.15, 0.2) is 0 Å². The van der Waals surface area contributed by atoms with Crippen LogP contribution in [0.4, 0.5) is 0 Å². The van der Waals surface area contributed by atoms with Crippen molar-refractivity contribution in [3.05, 3.63) is 0 Å². The zero-order chi connectivity index (χ0) is 10.6. The smallest absolute Gasteiger partial charge is 0.122 e. The molecule has 0 aromatic heterocycles. The summed E-state index contributed by atoms with van der Waals surface area (Å²) >= 11 is 0. The van der Waals surface area contributed by atoms with Gasteiger partial charge in [0.1, 0.15) is 5.72 Å². The summed E-state index contributed by atoms with van der Waals surface area (Å²) in [6, 6.07) is 0.606. The minimum absolute atomic E-state index is 0.0299. The van der Waals surface area contributed by atoms with Gasteiger partial charge in [-0.1, -0.05) is 26.2 Å². The van der Waals surface area contributed by atoms with Crippen LogP contribution in [0.3, 0.4) is 0 Å². The first-order chi connectivity index (χ1) is 7.35. The highest BCUT2D eigenvalue weighted by atomic mass is 16.5. The van der Waals surface area contributed by atoms with E-state index in [0.717, 1.165) is 32.5 Å². The summed E-state index contributed by atoms with van der Waals surface area (Å²) in [6.07, 6.45) is 7.53. The highest BCUT2D eigenvalue weighted by Gasteiger charge is 2.39. The number of hydrogen-bond acceptors (Lipinski definition) is 3. The molecule has 0 aromatic rings. The van der Waals surface area contributed by atoms with E-state index < -0.39 is 0 Å². The molecule has 2 rings (SSSR count). The Kier molecular flexibility index (Phi) is 4.00. The molecule has 2 aliphatic heterocycles. The molecular formula is C12H24N2O. The Morgan fingerprint density at radius 1 is 1.27 bits per heavy atom. The Labute approximate surface area is 93.0 Å². The van der Waals surface area contributed by atoms with Gasteiger partial charge in [-0.05, 0) is 19.5 Å². The third-order valence-electron chi connectivity index (χ3n) is 3.60. The van der Waals surface area contributed by atoms with Crippen LogP contribution >= 0.6 is 0 Å². The zero-order valence-electron chi connectivity index (χ0n) is 9.85. The van der Waals surface area contributed by atoms with Crippen LogP contribution < -0.4 is 10.6 Å². The predicted octanol–water partition coefficient (Wildman–Crippen LogP) is 1.63. The van der Waals surface area contributed by atoms with Gasteiger partial charge < -0.3 is 10.1 Å². The quantitative estimate of drug-likeness (QED) is 0.695. The molecule has 1 atom stereocenters.